The van der Waals surface area contributed by atoms with E-state index in [4.69, 9.17) is 9.47 Å². The molecule has 39 heavy (non-hydrogen) atoms. The number of benzene rings is 3. The van der Waals surface area contributed by atoms with Crippen molar-refractivity contribution >= 4 is 35.3 Å². The molecule has 4 rings (SSSR count). The van der Waals surface area contributed by atoms with Gasteiger partial charge in [0.2, 0.25) is 0 Å². The van der Waals surface area contributed by atoms with Gasteiger partial charge in [0.1, 0.15) is 18.0 Å². The monoisotopic (exact) mass is 531 g/mol. The van der Waals surface area contributed by atoms with Gasteiger partial charge in [-0.3, -0.25) is 25.0 Å². The number of anilines is 1. The minimum Gasteiger partial charge on any atom is -0.493 e. The number of halogens is 1. The quantitative estimate of drug-likeness (QED) is 0.139. The number of rotatable bonds is 9. The Kier molecular flexibility index (Phi) is 7.80. The molecule has 0 bridgehead atoms. The number of nitro benzene ring substituents is 1. The molecule has 0 aromatic heterocycles. The van der Waals surface area contributed by atoms with E-state index in [-0.39, 0.29) is 23.6 Å². The highest BCUT2D eigenvalue weighted by Gasteiger charge is 2.37. The standard InChI is InChI=1S/C28H22FN3O7/c1-3-4-19-13-18(15-24(38-2)25(19)39-16-17-5-9-22(10-6-17)32(36)37)14-23-26(33)30-28(35)31(27(23)34)21-11-7-20(29)8-12-21/h3,5-15H,1,4,16H2,2H3,(H,30,33,35)/b23-14+. The zero-order chi connectivity index (χ0) is 28.1. The average Bonchev–Trinajstić information content (AvgIpc) is 2.91. The molecule has 1 heterocycles. The summed E-state index contributed by atoms with van der Waals surface area (Å²) in [6.45, 7) is 3.85. The van der Waals surface area contributed by atoms with Gasteiger partial charge in [0, 0.05) is 17.7 Å². The summed E-state index contributed by atoms with van der Waals surface area (Å²) >= 11 is 0. The molecular weight excluding hydrogens is 509 g/mol. The van der Waals surface area contributed by atoms with Crippen LogP contribution in [0.1, 0.15) is 16.7 Å². The Morgan fingerprint density at radius 3 is 2.38 bits per heavy atom. The van der Waals surface area contributed by atoms with Crippen molar-refractivity contribution in [1.82, 2.24) is 5.32 Å². The lowest BCUT2D eigenvalue weighted by Crippen LogP contribution is -2.54. The van der Waals surface area contributed by atoms with Crippen LogP contribution in [0.25, 0.3) is 6.08 Å². The fourth-order valence-corrected chi connectivity index (χ4v) is 3.91. The van der Waals surface area contributed by atoms with Crippen LogP contribution in [0.4, 0.5) is 20.6 Å². The van der Waals surface area contributed by atoms with Gasteiger partial charge in [0.05, 0.1) is 17.7 Å². The number of nitro groups is 1. The van der Waals surface area contributed by atoms with E-state index in [1.807, 2.05) is 0 Å². The molecule has 0 saturated carbocycles. The summed E-state index contributed by atoms with van der Waals surface area (Å²) in [7, 11) is 1.43. The summed E-state index contributed by atoms with van der Waals surface area (Å²) in [5, 5.41) is 13.0. The van der Waals surface area contributed by atoms with Crippen LogP contribution in [0.3, 0.4) is 0 Å². The number of nitrogens with zero attached hydrogens (tertiary/aromatic N) is 2. The van der Waals surface area contributed by atoms with E-state index in [1.54, 1.807) is 30.3 Å². The van der Waals surface area contributed by atoms with Gasteiger partial charge in [-0.1, -0.05) is 6.08 Å². The smallest absolute Gasteiger partial charge is 0.335 e. The normalized spacial score (nSPS) is 14.3. The van der Waals surface area contributed by atoms with Crippen LogP contribution in [0, 0.1) is 15.9 Å². The van der Waals surface area contributed by atoms with Crippen molar-refractivity contribution in [1.29, 1.82) is 0 Å². The topological polar surface area (TPSA) is 128 Å². The second kappa shape index (κ2) is 11.4. The number of urea groups is 1. The molecule has 1 fully saturated rings. The Morgan fingerprint density at radius 1 is 1.08 bits per heavy atom. The second-order valence-corrected chi connectivity index (χ2v) is 8.35. The van der Waals surface area contributed by atoms with Gasteiger partial charge < -0.3 is 9.47 Å². The number of nitrogens with one attached hydrogen (secondary N) is 1. The molecule has 1 saturated heterocycles. The van der Waals surface area contributed by atoms with E-state index in [0.717, 1.165) is 17.0 Å². The van der Waals surface area contributed by atoms with Crippen LogP contribution >= 0.6 is 0 Å². The van der Waals surface area contributed by atoms with Gasteiger partial charge in [-0.2, -0.15) is 0 Å². The SMILES string of the molecule is C=CCc1cc(/C=C2\C(=O)NC(=O)N(c3ccc(F)cc3)C2=O)cc(OC)c1OCc1ccc([N+](=O)[O-])cc1. The van der Waals surface area contributed by atoms with Gasteiger partial charge >= 0.3 is 6.03 Å². The zero-order valence-electron chi connectivity index (χ0n) is 20.7. The molecule has 198 valence electrons. The molecule has 0 aliphatic carbocycles. The molecule has 1 aliphatic heterocycles. The van der Waals surface area contributed by atoms with Crippen molar-refractivity contribution in [3.8, 4) is 11.5 Å². The number of methoxy groups -OCH3 is 1. The number of hydrogen-bond donors (Lipinski definition) is 1. The maximum Gasteiger partial charge on any atom is 0.335 e. The lowest BCUT2D eigenvalue weighted by molar-refractivity contribution is -0.384. The van der Waals surface area contributed by atoms with E-state index in [9.17, 15) is 28.9 Å². The van der Waals surface area contributed by atoms with Gasteiger partial charge in [-0.25, -0.2) is 14.1 Å². The summed E-state index contributed by atoms with van der Waals surface area (Å²) in [6, 6.07) is 12.9. The molecule has 3 aromatic rings. The number of ether oxygens (including phenoxy) is 2. The average molecular weight is 531 g/mol. The van der Waals surface area contributed by atoms with E-state index in [1.165, 1.54) is 37.5 Å². The molecule has 0 spiro atoms. The lowest BCUT2D eigenvalue weighted by Gasteiger charge is -2.26. The summed E-state index contributed by atoms with van der Waals surface area (Å²) in [5.74, 6) is -1.61. The van der Waals surface area contributed by atoms with Crippen LogP contribution in [-0.2, 0) is 22.6 Å². The number of carbonyl (C=O) groups is 3. The highest BCUT2D eigenvalue weighted by atomic mass is 19.1. The van der Waals surface area contributed by atoms with Crippen LogP contribution < -0.4 is 19.7 Å². The van der Waals surface area contributed by atoms with E-state index in [0.29, 0.717) is 34.6 Å². The van der Waals surface area contributed by atoms with Crippen LogP contribution in [0.5, 0.6) is 11.5 Å². The van der Waals surface area contributed by atoms with Gasteiger partial charge in [0.25, 0.3) is 17.5 Å². The van der Waals surface area contributed by atoms with E-state index < -0.39 is 28.6 Å². The predicted octanol–water partition coefficient (Wildman–Crippen LogP) is 4.72. The Hall–Kier alpha value is -5.32. The molecule has 0 radical (unpaired) electrons. The first-order chi connectivity index (χ1) is 18.7. The third kappa shape index (κ3) is 5.82. The number of hydrogen-bond acceptors (Lipinski definition) is 7. The van der Waals surface area contributed by atoms with E-state index >= 15 is 0 Å². The molecule has 1 N–H and O–H groups in total. The molecule has 11 heteroatoms. The third-order valence-electron chi connectivity index (χ3n) is 5.77. The Balaban J connectivity index is 1.66. The fraction of sp³-hybridized carbons (Fsp3) is 0.107. The lowest BCUT2D eigenvalue weighted by atomic mass is 10.0. The summed E-state index contributed by atoms with van der Waals surface area (Å²) in [6.07, 6.45) is 3.30. The molecule has 3 aromatic carbocycles. The Bertz CT molecular complexity index is 1500. The van der Waals surface area contributed by atoms with E-state index in [2.05, 4.69) is 11.9 Å². The van der Waals surface area contributed by atoms with Gasteiger partial charge in [-0.05, 0) is 72.2 Å². The molecule has 4 amide bonds. The molecule has 0 atom stereocenters. The number of amides is 4. The number of barbiturate groups is 1. The Morgan fingerprint density at radius 2 is 1.77 bits per heavy atom. The van der Waals surface area contributed by atoms with Crippen LogP contribution in [0.15, 0.2) is 78.9 Å². The predicted molar refractivity (Wildman–Crippen MR) is 140 cm³/mol. The minimum atomic E-state index is -0.950. The van der Waals surface area contributed by atoms with Gasteiger partial charge in [-0.15, -0.1) is 6.58 Å². The Labute approximate surface area is 222 Å². The minimum absolute atomic E-state index is 0.0398. The zero-order valence-corrected chi connectivity index (χ0v) is 20.7. The third-order valence-corrected chi connectivity index (χ3v) is 5.77. The first-order valence-electron chi connectivity index (χ1n) is 11.6. The first-order valence-corrected chi connectivity index (χ1v) is 11.6. The molecule has 1 aliphatic rings. The van der Waals surface area contributed by atoms with Crippen molar-refractivity contribution in [3.05, 3.63) is 112 Å². The molecular formula is C28H22FN3O7. The largest absolute Gasteiger partial charge is 0.493 e. The van der Waals surface area contributed by atoms with Gasteiger partial charge in [0.15, 0.2) is 11.5 Å². The first kappa shape index (κ1) is 26.7. The highest BCUT2D eigenvalue weighted by Crippen LogP contribution is 2.35. The van der Waals surface area contributed by atoms with Crippen molar-refractivity contribution in [2.45, 2.75) is 13.0 Å². The van der Waals surface area contributed by atoms with Crippen molar-refractivity contribution < 1.29 is 33.2 Å². The fourth-order valence-electron chi connectivity index (χ4n) is 3.91. The maximum atomic E-state index is 13.4. The highest BCUT2D eigenvalue weighted by molar-refractivity contribution is 6.39. The number of non-ortho nitro benzene ring substituents is 1. The molecule has 10 nitrogen and oxygen atoms in total. The van der Waals surface area contributed by atoms with Crippen molar-refractivity contribution in [2.24, 2.45) is 0 Å². The van der Waals surface area contributed by atoms with Crippen LogP contribution in [0.2, 0.25) is 0 Å². The van der Waals surface area contributed by atoms with Crippen molar-refractivity contribution in [2.75, 3.05) is 12.0 Å². The number of carbonyl (C=O) groups excluding carboxylic acids is 3. The summed E-state index contributed by atoms with van der Waals surface area (Å²) < 4.78 is 24.9. The maximum absolute atomic E-state index is 13.4. The second-order valence-electron chi connectivity index (χ2n) is 8.35. The number of imide groups is 2. The summed E-state index contributed by atoms with van der Waals surface area (Å²) in [5.41, 5.74) is 1.48. The number of allylic oxidation sites excluding steroid dienone is 1. The summed E-state index contributed by atoms with van der Waals surface area (Å²) in [4.78, 5) is 49.3. The van der Waals surface area contributed by atoms with Crippen LogP contribution in [-0.4, -0.2) is 29.9 Å². The molecule has 0 unspecified atom stereocenters. The van der Waals surface area contributed by atoms with Crippen molar-refractivity contribution in [3.63, 3.8) is 0 Å².